The number of fused-ring (bicyclic) bond motifs is 3. The molecule has 0 amide bonds. The highest BCUT2D eigenvalue weighted by molar-refractivity contribution is 6.11. The summed E-state index contributed by atoms with van der Waals surface area (Å²) in [4.78, 5) is 9.79. The zero-order valence-corrected chi connectivity index (χ0v) is 41.9. The van der Waals surface area contributed by atoms with E-state index >= 15 is 0 Å². The summed E-state index contributed by atoms with van der Waals surface area (Å²) in [5.74, 6) is 2.43. The topological polar surface area (TPSA) is 33.5 Å². The molecule has 2 aromatic heterocycles. The Morgan fingerprint density at radius 3 is 1.62 bits per heavy atom. The van der Waals surface area contributed by atoms with Gasteiger partial charge in [-0.15, -0.1) is 0 Å². The van der Waals surface area contributed by atoms with Crippen molar-refractivity contribution in [3.8, 4) is 28.4 Å². The van der Waals surface area contributed by atoms with Gasteiger partial charge in [0.2, 0.25) is 0 Å². The molecule has 0 radical (unpaired) electrons. The highest BCUT2D eigenvalue weighted by atomic mass is 16.5. The van der Waals surface area contributed by atoms with Crippen LogP contribution in [0.1, 0.15) is 103 Å². The summed E-state index contributed by atoms with van der Waals surface area (Å²) in [6.07, 6.45) is 6.36. The maximum atomic E-state index is 7.25. The van der Waals surface area contributed by atoms with Crippen LogP contribution in [0.2, 0.25) is 0 Å². The molecule has 0 spiro atoms. The lowest BCUT2D eigenvalue weighted by molar-refractivity contribution is 0.477. The maximum absolute atomic E-state index is 7.25. The lowest BCUT2D eigenvalue weighted by atomic mass is 9.76. The lowest BCUT2D eigenvalue weighted by Gasteiger charge is -2.29. The van der Waals surface area contributed by atoms with Gasteiger partial charge in [-0.2, -0.15) is 0 Å². The smallest absolute Gasteiger partial charge is 0.137 e. The molecule has 69 heavy (non-hydrogen) atoms. The first-order chi connectivity index (χ1) is 32.9. The average molecular weight is 905 g/mol. The van der Waals surface area contributed by atoms with Crippen molar-refractivity contribution in [2.45, 2.75) is 90.9 Å². The van der Waals surface area contributed by atoms with E-state index in [0.717, 1.165) is 34.0 Å². The Labute approximate surface area is 409 Å². The maximum Gasteiger partial charge on any atom is 0.137 e. The van der Waals surface area contributed by atoms with Crippen LogP contribution in [0.25, 0.3) is 38.8 Å². The molecule has 0 saturated carbocycles. The molecular formula is C64H64N4O. The Morgan fingerprint density at radius 1 is 0.435 bits per heavy atom. The summed E-state index contributed by atoms with van der Waals surface area (Å²) in [7, 11) is 0. The minimum atomic E-state index is -0.384. The number of rotatable bonds is 10. The number of aromatic nitrogens is 2. The number of pyridine rings is 1. The van der Waals surface area contributed by atoms with E-state index in [4.69, 9.17) is 9.72 Å². The van der Waals surface area contributed by atoms with Crippen molar-refractivity contribution in [2.24, 2.45) is 0 Å². The van der Waals surface area contributed by atoms with Crippen LogP contribution in [0.5, 0.6) is 11.5 Å². The van der Waals surface area contributed by atoms with E-state index in [9.17, 15) is 0 Å². The lowest BCUT2D eigenvalue weighted by Crippen LogP contribution is -2.25. The van der Waals surface area contributed by atoms with Gasteiger partial charge in [0.15, 0.2) is 0 Å². The quantitative estimate of drug-likeness (QED) is 0.137. The van der Waals surface area contributed by atoms with Crippen LogP contribution in [-0.4, -0.2) is 16.2 Å². The van der Waals surface area contributed by atoms with Gasteiger partial charge in [-0.05, 0) is 104 Å². The van der Waals surface area contributed by atoms with E-state index < -0.39 is 0 Å². The first-order valence-corrected chi connectivity index (χ1v) is 24.4. The normalized spacial score (nSPS) is 13.5. The predicted octanol–water partition coefficient (Wildman–Crippen LogP) is 16.6. The van der Waals surface area contributed by atoms with Gasteiger partial charge in [-0.3, -0.25) is 4.57 Å². The second kappa shape index (κ2) is 17.3. The summed E-state index contributed by atoms with van der Waals surface area (Å²) < 4.78 is 9.59. The van der Waals surface area contributed by atoms with Crippen LogP contribution >= 0.6 is 0 Å². The standard InChI is InChI=1S/C64H64N4O/c1-61(2,3)49-34-45(44-22-14-11-15-23-44)35-51(36-49)66-32-33-67(43-66)52-37-50(62(4,5)6)38-53(40-52)69-54-41-56(64(9,10)47-26-18-13-19-27-47)60-55-28-20-21-29-57(55)68(58(60)42-54)59-39-48(30-31-65-59)63(7,8)46-24-16-12-17-25-46/h11-42H,43H2,1-10H3. The highest BCUT2D eigenvalue weighted by Crippen LogP contribution is 2.46. The Balaban J connectivity index is 1.09. The van der Waals surface area contributed by atoms with Gasteiger partial charge in [0, 0.05) is 63.7 Å². The fourth-order valence-electron chi connectivity index (χ4n) is 9.97. The second-order valence-electron chi connectivity index (χ2n) is 21.9. The molecule has 3 heterocycles. The minimum Gasteiger partial charge on any atom is -0.457 e. The average Bonchev–Trinajstić information content (AvgIpc) is 3.98. The zero-order chi connectivity index (χ0) is 48.3. The molecule has 0 N–H and O–H groups in total. The van der Waals surface area contributed by atoms with E-state index in [1.807, 2.05) is 6.20 Å². The largest absolute Gasteiger partial charge is 0.457 e. The number of hydrogen-bond donors (Lipinski definition) is 0. The van der Waals surface area contributed by atoms with E-state index in [0.29, 0.717) is 6.67 Å². The summed E-state index contributed by atoms with van der Waals surface area (Å²) in [6.45, 7) is 23.6. The Bertz CT molecular complexity index is 3350. The number of nitrogens with zero attached hydrogens (tertiary/aromatic N) is 4. The number of anilines is 2. The molecule has 0 unspecified atom stereocenters. The number of para-hydroxylation sites is 1. The molecular weight excluding hydrogens is 841 g/mol. The van der Waals surface area contributed by atoms with E-state index in [1.54, 1.807) is 0 Å². The van der Waals surface area contributed by atoms with Gasteiger partial charge in [0.05, 0.1) is 17.7 Å². The van der Waals surface area contributed by atoms with Crippen molar-refractivity contribution in [1.82, 2.24) is 9.55 Å². The molecule has 346 valence electrons. The van der Waals surface area contributed by atoms with Gasteiger partial charge in [-0.1, -0.05) is 184 Å². The molecule has 0 saturated heterocycles. The summed E-state index contributed by atoms with van der Waals surface area (Å²) in [6, 6.07) is 63.7. The third kappa shape index (κ3) is 8.72. The first-order valence-electron chi connectivity index (χ1n) is 24.4. The Kier molecular flexibility index (Phi) is 11.4. The van der Waals surface area contributed by atoms with Crippen molar-refractivity contribution in [3.05, 3.63) is 228 Å². The Hall–Kier alpha value is -7.37. The monoisotopic (exact) mass is 905 g/mol. The number of benzene rings is 7. The Morgan fingerprint density at radius 2 is 0.986 bits per heavy atom. The van der Waals surface area contributed by atoms with Crippen molar-refractivity contribution >= 4 is 33.2 Å². The van der Waals surface area contributed by atoms with Crippen LogP contribution in [-0.2, 0) is 21.7 Å². The van der Waals surface area contributed by atoms with E-state index in [1.165, 1.54) is 61.0 Å². The van der Waals surface area contributed by atoms with Crippen LogP contribution in [0.4, 0.5) is 11.4 Å². The molecule has 1 aliphatic rings. The van der Waals surface area contributed by atoms with Gasteiger partial charge >= 0.3 is 0 Å². The van der Waals surface area contributed by atoms with Gasteiger partial charge < -0.3 is 14.5 Å². The molecule has 5 heteroatoms. The number of ether oxygens (including phenoxy) is 1. The van der Waals surface area contributed by atoms with Gasteiger partial charge in [-0.25, -0.2) is 4.98 Å². The summed E-state index contributed by atoms with van der Waals surface area (Å²) in [5, 5.41) is 2.37. The molecule has 5 nitrogen and oxygen atoms in total. The number of hydrogen-bond acceptors (Lipinski definition) is 4. The van der Waals surface area contributed by atoms with Crippen LogP contribution in [0.15, 0.2) is 195 Å². The third-order valence-corrected chi connectivity index (χ3v) is 14.4. The molecule has 7 aromatic carbocycles. The fourth-order valence-corrected chi connectivity index (χ4v) is 9.97. The molecule has 10 rings (SSSR count). The molecule has 0 atom stereocenters. The van der Waals surface area contributed by atoms with Crippen molar-refractivity contribution in [1.29, 1.82) is 0 Å². The molecule has 1 aliphatic heterocycles. The van der Waals surface area contributed by atoms with Crippen LogP contribution in [0, 0.1) is 0 Å². The van der Waals surface area contributed by atoms with E-state index in [-0.39, 0.29) is 21.7 Å². The van der Waals surface area contributed by atoms with Crippen LogP contribution < -0.4 is 14.5 Å². The highest BCUT2D eigenvalue weighted by Gasteiger charge is 2.31. The van der Waals surface area contributed by atoms with Crippen molar-refractivity contribution < 1.29 is 4.74 Å². The van der Waals surface area contributed by atoms with Crippen molar-refractivity contribution in [2.75, 3.05) is 16.5 Å². The second-order valence-corrected chi connectivity index (χ2v) is 21.9. The zero-order valence-electron chi connectivity index (χ0n) is 41.9. The SMILES string of the molecule is CC(C)(C)c1cc(Oc2cc(C(C)(C)c3ccccc3)c3c4ccccc4n(-c4cc(C(C)(C)c5ccccc5)ccn4)c3c2)cc(N2C=CN(c3cc(-c4ccccc4)cc(C(C)(C)C)c3)C2)c1. The molecule has 9 aromatic rings. The molecule has 0 aliphatic carbocycles. The van der Waals surface area contributed by atoms with Crippen LogP contribution in [0.3, 0.4) is 0 Å². The van der Waals surface area contributed by atoms with Crippen molar-refractivity contribution in [3.63, 3.8) is 0 Å². The summed E-state index contributed by atoms with van der Waals surface area (Å²) in [5.41, 5.74) is 13.4. The predicted molar refractivity (Wildman–Crippen MR) is 290 cm³/mol. The van der Waals surface area contributed by atoms with E-state index in [2.05, 4.69) is 272 Å². The van der Waals surface area contributed by atoms with Gasteiger partial charge in [0.25, 0.3) is 0 Å². The first kappa shape index (κ1) is 45.4. The summed E-state index contributed by atoms with van der Waals surface area (Å²) >= 11 is 0. The fraction of sp³-hybridized carbons (Fsp3) is 0.234. The molecule has 0 fully saturated rings. The minimum absolute atomic E-state index is 0.0106. The van der Waals surface area contributed by atoms with Gasteiger partial charge in [0.1, 0.15) is 17.3 Å². The third-order valence-electron chi connectivity index (χ3n) is 14.4. The molecule has 0 bridgehead atoms.